The van der Waals surface area contributed by atoms with Crippen molar-refractivity contribution in [1.29, 1.82) is 0 Å². The van der Waals surface area contributed by atoms with E-state index >= 15 is 0 Å². The Hall–Kier alpha value is -2.45. The predicted molar refractivity (Wildman–Crippen MR) is 96.4 cm³/mol. The largest absolute Gasteiger partial charge is 0.419 e. The molecule has 0 aliphatic rings. The molecule has 8 heteroatoms. The molecule has 0 saturated carbocycles. The summed E-state index contributed by atoms with van der Waals surface area (Å²) >= 11 is 2.96. The van der Waals surface area contributed by atoms with Gasteiger partial charge in [0.25, 0.3) is 11.1 Å². The first-order valence-electron chi connectivity index (χ1n) is 7.64. The Kier molecular flexibility index (Phi) is 4.37. The van der Waals surface area contributed by atoms with Gasteiger partial charge >= 0.3 is 0 Å². The highest BCUT2D eigenvalue weighted by Gasteiger charge is 2.20. The van der Waals surface area contributed by atoms with Gasteiger partial charge in [-0.2, -0.15) is 0 Å². The lowest BCUT2D eigenvalue weighted by atomic mass is 10.1. The van der Waals surface area contributed by atoms with Crippen LogP contribution in [-0.4, -0.2) is 20.4 Å². The van der Waals surface area contributed by atoms with Crippen LogP contribution >= 0.6 is 23.1 Å². The van der Waals surface area contributed by atoms with E-state index in [1.54, 1.807) is 11.3 Å². The average molecular weight is 370 g/mol. The summed E-state index contributed by atoms with van der Waals surface area (Å²) in [6.07, 6.45) is 0. The van der Waals surface area contributed by atoms with Gasteiger partial charge in [0, 0.05) is 5.56 Å². The van der Waals surface area contributed by atoms with Crippen molar-refractivity contribution in [2.45, 2.75) is 24.3 Å². The topological polar surface area (TPSA) is 77.8 Å². The number of thioether (sulfide) groups is 1. The van der Waals surface area contributed by atoms with Gasteiger partial charge < -0.3 is 8.83 Å². The van der Waals surface area contributed by atoms with Gasteiger partial charge in [0.2, 0.25) is 11.8 Å². The molecule has 126 valence electrons. The van der Waals surface area contributed by atoms with Crippen LogP contribution in [0.2, 0.25) is 0 Å². The van der Waals surface area contributed by atoms with E-state index in [4.69, 9.17) is 8.83 Å². The van der Waals surface area contributed by atoms with Gasteiger partial charge in [0.15, 0.2) is 0 Å². The minimum absolute atomic E-state index is 0.0913. The van der Waals surface area contributed by atoms with Crippen LogP contribution in [0.5, 0.6) is 0 Å². The SMILES string of the molecule is Cc1ccccc1-c1nnc(SC(C)c2nnc(-c3cccs3)o2)o1. The molecule has 4 rings (SSSR count). The monoisotopic (exact) mass is 370 g/mol. The minimum Gasteiger partial charge on any atom is -0.419 e. The normalized spacial score (nSPS) is 12.4. The van der Waals surface area contributed by atoms with E-state index < -0.39 is 0 Å². The summed E-state index contributed by atoms with van der Waals surface area (Å²) < 4.78 is 11.5. The highest BCUT2D eigenvalue weighted by Crippen LogP contribution is 2.36. The summed E-state index contributed by atoms with van der Waals surface area (Å²) in [6, 6.07) is 11.8. The van der Waals surface area contributed by atoms with Gasteiger partial charge in [-0.25, -0.2) is 0 Å². The number of rotatable bonds is 5. The van der Waals surface area contributed by atoms with Crippen LogP contribution in [0.1, 0.15) is 23.6 Å². The molecule has 25 heavy (non-hydrogen) atoms. The number of aryl methyl sites for hydroxylation is 1. The molecule has 0 amide bonds. The van der Waals surface area contributed by atoms with Crippen molar-refractivity contribution in [2.24, 2.45) is 0 Å². The number of hydrogen-bond acceptors (Lipinski definition) is 8. The zero-order chi connectivity index (χ0) is 17.2. The summed E-state index contributed by atoms with van der Waals surface area (Å²) in [5.41, 5.74) is 2.03. The molecule has 0 spiro atoms. The first kappa shape index (κ1) is 16.0. The van der Waals surface area contributed by atoms with Crippen molar-refractivity contribution in [2.75, 3.05) is 0 Å². The Labute approximate surface area is 152 Å². The van der Waals surface area contributed by atoms with Crippen LogP contribution in [0.25, 0.3) is 22.2 Å². The minimum atomic E-state index is -0.0913. The Morgan fingerprint density at radius 2 is 1.80 bits per heavy atom. The summed E-state index contributed by atoms with van der Waals surface area (Å²) in [6.45, 7) is 3.98. The second-order valence-corrected chi connectivity index (χ2v) is 7.61. The molecular formula is C17H14N4O2S2. The lowest BCUT2D eigenvalue weighted by Gasteiger charge is -2.02. The number of benzene rings is 1. The first-order chi connectivity index (χ1) is 12.2. The van der Waals surface area contributed by atoms with E-state index in [0.717, 1.165) is 16.0 Å². The summed E-state index contributed by atoms with van der Waals surface area (Å²) in [5.74, 6) is 1.57. The van der Waals surface area contributed by atoms with Gasteiger partial charge in [0.1, 0.15) is 0 Å². The smallest absolute Gasteiger partial charge is 0.277 e. The van der Waals surface area contributed by atoms with E-state index in [1.165, 1.54) is 11.8 Å². The van der Waals surface area contributed by atoms with Crippen molar-refractivity contribution < 1.29 is 8.83 Å². The summed E-state index contributed by atoms with van der Waals surface area (Å²) in [5, 5.41) is 18.8. The molecular weight excluding hydrogens is 356 g/mol. The fourth-order valence-corrected chi connectivity index (χ4v) is 3.64. The molecule has 4 aromatic rings. The van der Waals surface area contributed by atoms with Crippen LogP contribution in [0.3, 0.4) is 0 Å². The molecule has 0 N–H and O–H groups in total. The summed E-state index contributed by atoms with van der Waals surface area (Å²) in [7, 11) is 0. The maximum absolute atomic E-state index is 5.77. The molecule has 1 atom stereocenters. The molecule has 3 aromatic heterocycles. The number of thiophene rings is 1. The molecule has 1 aromatic carbocycles. The van der Waals surface area contributed by atoms with Crippen LogP contribution in [0, 0.1) is 6.92 Å². The highest BCUT2D eigenvalue weighted by atomic mass is 32.2. The van der Waals surface area contributed by atoms with E-state index in [1.807, 2.05) is 55.6 Å². The zero-order valence-electron chi connectivity index (χ0n) is 13.5. The second kappa shape index (κ2) is 6.81. The van der Waals surface area contributed by atoms with Gasteiger partial charge in [-0.15, -0.1) is 31.7 Å². The van der Waals surface area contributed by atoms with Crippen LogP contribution in [0.4, 0.5) is 0 Å². The predicted octanol–water partition coefficient (Wildman–Crippen LogP) is 5.01. The molecule has 6 nitrogen and oxygen atoms in total. The molecule has 0 bridgehead atoms. The standard InChI is InChI=1S/C17H14N4O2S2/c1-10-6-3-4-7-12(10)15-19-21-17(23-15)25-11(2)14-18-20-16(22-14)13-8-5-9-24-13/h3-9,11H,1-2H3. The third kappa shape index (κ3) is 3.35. The van der Waals surface area contributed by atoms with Crippen LogP contribution < -0.4 is 0 Å². The van der Waals surface area contributed by atoms with E-state index in [0.29, 0.717) is 22.9 Å². The average Bonchev–Trinajstić information content (AvgIpc) is 3.36. The van der Waals surface area contributed by atoms with Crippen molar-refractivity contribution >= 4 is 23.1 Å². The van der Waals surface area contributed by atoms with E-state index in [9.17, 15) is 0 Å². The molecule has 0 aliphatic carbocycles. The third-order valence-electron chi connectivity index (χ3n) is 3.58. The molecule has 0 radical (unpaired) electrons. The third-order valence-corrected chi connectivity index (χ3v) is 5.36. The van der Waals surface area contributed by atoms with Crippen LogP contribution in [0.15, 0.2) is 55.8 Å². The van der Waals surface area contributed by atoms with Crippen molar-refractivity contribution in [3.63, 3.8) is 0 Å². The molecule has 0 saturated heterocycles. The molecule has 1 unspecified atom stereocenters. The number of aromatic nitrogens is 4. The second-order valence-electron chi connectivity index (χ2n) is 5.37. The van der Waals surface area contributed by atoms with Crippen molar-refractivity contribution in [3.05, 3.63) is 53.2 Å². The number of nitrogens with zero attached hydrogens (tertiary/aromatic N) is 4. The Balaban J connectivity index is 1.50. The quantitative estimate of drug-likeness (QED) is 0.457. The lowest BCUT2D eigenvalue weighted by Crippen LogP contribution is -1.88. The lowest BCUT2D eigenvalue weighted by molar-refractivity contribution is 0.461. The van der Waals surface area contributed by atoms with Gasteiger partial charge in [-0.05, 0) is 36.9 Å². The van der Waals surface area contributed by atoms with E-state index in [-0.39, 0.29) is 5.25 Å². The Morgan fingerprint density at radius 3 is 2.60 bits per heavy atom. The van der Waals surface area contributed by atoms with Gasteiger partial charge in [0.05, 0.1) is 10.1 Å². The maximum atomic E-state index is 5.77. The van der Waals surface area contributed by atoms with Crippen LogP contribution in [-0.2, 0) is 0 Å². The number of hydrogen-bond donors (Lipinski definition) is 0. The van der Waals surface area contributed by atoms with E-state index in [2.05, 4.69) is 20.4 Å². The Bertz CT molecular complexity index is 978. The fourth-order valence-electron chi connectivity index (χ4n) is 2.28. The van der Waals surface area contributed by atoms with Crippen molar-refractivity contribution in [3.8, 4) is 22.2 Å². The van der Waals surface area contributed by atoms with Gasteiger partial charge in [-0.1, -0.05) is 36.0 Å². The molecule has 0 aliphatic heterocycles. The maximum Gasteiger partial charge on any atom is 0.277 e. The van der Waals surface area contributed by atoms with Crippen molar-refractivity contribution in [1.82, 2.24) is 20.4 Å². The fraction of sp³-hybridized carbons (Fsp3) is 0.176. The highest BCUT2D eigenvalue weighted by molar-refractivity contribution is 7.99. The molecule has 0 fully saturated rings. The zero-order valence-corrected chi connectivity index (χ0v) is 15.2. The Morgan fingerprint density at radius 1 is 0.960 bits per heavy atom. The van der Waals surface area contributed by atoms with Gasteiger partial charge in [-0.3, -0.25) is 0 Å². The first-order valence-corrected chi connectivity index (χ1v) is 9.40. The molecule has 3 heterocycles. The summed E-state index contributed by atoms with van der Waals surface area (Å²) in [4.78, 5) is 0.954.